The molecule has 0 unspecified atom stereocenters. The van der Waals surface area contributed by atoms with Crippen molar-refractivity contribution in [2.24, 2.45) is 4.99 Å². The highest BCUT2D eigenvalue weighted by Gasteiger charge is 2.32. The molecule has 0 aliphatic rings. The zero-order valence-corrected chi connectivity index (χ0v) is 16.4. The minimum Gasteiger partial charge on any atom is -0.494 e. The van der Waals surface area contributed by atoms with Crippen LogP contribution in [-0.2, 0) is 12.7 Å². The van der Waals surface area contributed by atoms with Crippen LogP contribution < -0.4 is 20.7 Å². The fourth-order valence-electron chi connectivity index (χ4n) is 2.39. The second-order valence-corrected chi connectivity index (χ2v) is 5.85. The standard InChI is InChI=1S/C19H25F3N6O/c1-3-23-17(27-13-14-7-5-6-8-15(14)29-4-2)25-11-12-26-18-24-10-9-16(28-18)19(20,21)22/h5-10H,3-4,11-13H2,1-2H3,(H2,23,25,27)(H,24,26,28). The van der Waals surface area contributed by atoms with E-state index in [1.807, 2.05) is 38.1 Å². The Hall–Kier alpha value is -3.04. The van der Waals surface area contributed by atoms with Crippen molar-refractivity contribution in [3.8, 4) is 5.75 Å². The lowest BCUT2D eigenvalue weighted by atomic mass is 10.2. The Balaban J connectivity index is 1.89. The third-order valence-electron chi connectivity index (χ3n) is 3.67. The Morgan fingerprint density at radius 2 is 1.90 bits per heavy atom. The molecule has 10 heteroatoms. The van der Waals surface area contributed by atoms with Crippen molar-refractivity contribution in [2.45, 2.75) is 26.6 Å². The van der Waals surface area contributed by atoms with Gasteiger partial charge in [-0.2, -0.15) is 13.2 Å². The number of guanidine groups is 1. The topological polar surface area (TPSA) is 83.5 Å². The number of nitrogens with zero attached hydrogens (tertiary/aromatic N) is 3. The summed E-state index contributed by atoms with van der Waals surface area (Å²) in [6.07, 6.45) is -3.42. The van der Waals surface area contributed by atoms with Gasteiger partial charge in [0.2, 0.25) is 5.95 Å². The molecular formula is C19H25F3N6O. The number of anilines is 1. The van der Waals surface area contributed by atoms with E-state index in [2.05, 4.69) is 30.9 Å². The average molecular weight is 410 g/mol. The quantitative estimate of drug-likeness (QED) is 0.335. The van der Waals surface area contributed by atoms with Gasteiger partial charge in [0.1, 0.15) is 11.4 Å². The first kappa shape index (κ1) is 22.3. The SMILES string of the molecule is CCNC(=NCc1ccccc1OCC)NCCNc1nccc(C(F)(F)F)n1. The molecule has 2 aromatic rings. The second kappa shape index (κ2) is 11.1. The van der Waals surface area contributed by atoms with Crippen LogP contribution in [0.15, 0.2) is 41.5 Å². The van der Waals surface area contributed by atoms with Gasteiger partial charge in [-0.25, -0.2) is 15.0 Å². The van der Waals surface area contributed by atoms with Crippen molar-refractivity contribution >= 4 is 11.9 Å². The Kier molecular flexibility index (Phi) is 8.50. The third kappa shape index (κ3) is 7.47. The number of hydrogen-bond acceptors (Lipinski definition) is 5. The number of aliphatic imine (C=N–C) groups is 1. The van der Waals surface area contributed by atoms with Gasteiger partial charge in [-0.15, -0.1) is 0 Å². The summed E-state index contributed by atoms with van der Waals surface area (Å²) in [4.78, 5) is 11.8. The maximum Gasteiger partial charge on any atom is 0.433 e. The lowest BCUT2D eigenvalue weighted by molar-refractivity contribution is -0.141. The molecule has 1 heterocycles. The number of benzene rings is 1. The molecule has 1 aromatic carbocycles. The molecule has 1 aromatic heterocycles. The van der Waals surface area contributed by atoms with Gasteiger partial charge in [0.05, 0.1) is 13.2 Å². The van der Waals surface area contributed by atoms with Gasteiger partial charge in [0.25, 0.3) is 0 Å². The van der Waals surface area contributed by atoms with Crippen LogP contribution in [0.25, 0.3) is 0 Å². The first-order valence-electron chi connectivity index (χ1n) is 9.31. The van der Waals surface area contributed by atoms with E-state index in [1.165, 1.54) is 0 Å². The van der Waals surface area contributed by atoms with Crippen molar-refractivity contribution in [3.05, 3.63) is 47.8 Å². The highest BCUT2D eigenvalue weighted by atomic mass is 19.4. The van der Waals surface area contributed by atoms with Crippen molar-refractivity contribution < 1.29 is 17.9 Å². The predicted octanol–water partition coefficient (Wildman–Crippen LogP) is 3.06. The zero-order chi connectivity index (χ0) is 21.1. The first-order chi connectivity index (χ1) is 13.9. The van der Waals surface area contributed by atoms with Crippen molar-refractivity contribution in [1.82, 2.24) is 20.6 Å². The van der Waals surface area contributed by atoms with Crippen LogP contribution in [-0.4, -0.2) is 42.2 Å². The minimum absolute atomic E-state index is 0.0748. The van der Waals surface area contributed by atoms with Crippen LogP contribution in [0.3, 0.4) is 0 Å². The van der Waals surface area contributed by atoms with E-state index in [0.717, 1.165) is 23.6 Å². The molecule has 7 nitrogen and oxygen atoms in total. The Labute approximate surface area is 167 Å². The molecule has 0 aliphatic heterocycles. The van der Waals surface area contributed by atoms with Crippen LogP contribution in [0, 0.1) is 0 Å². The summed E-state index contributed by atoms with van der Waals surface area (Å²) in [6, 6.07) is 8.51. The summed E-state index contributed by atoms with van der Waals surface area (Å²) in [5.74, 6) is 1.30. The van der Waals surface area contributed by atoms with Gasteiger partial charge in [0.15, 0.2) is 5.96 Å². The number of aromatic nitrogens is 2. The summed E-state index contributed by atoms with van der Waals surface area (Å²) in [5, 5.41) is 9.00. The van der Waals surface area contributed by atoms with Crippen LogP contribution in [0.2, 0.25) is 0 Å². The summed E-state index contributed by atoms with van der Waals surface area (Å²) < 4.78 is 43.7. The van der Waals surface area contributed by atoms with Gasteiger partial charge in [0, 0.05) is 31.4 Å². The van der Waals surface area contributed by atoms with E-state index in [-0.39, 0.29) is 5.95 Å². The molecule has 0 aliphatic carbocycles. The highest BCUT2D eigenvalue weighted by Crippen LogP contribution is 2.27. The number of ether oxygens (including phenoxy) is 1. The number of rotatable bonds is 9. The van der Waals surface area contributed by atoms with Gasteiger partial charge in [-0.3, -0.25) is 0 Å². The van der Waals surface area contributed by atoms with Gasteiger partial charge < -0.3 is 20.7 Å². The number of hydrogen-bond donors (Lipinski definition) is 3. The van der Waals surface area contributed by atoms with Crippen LogP contribution in [0.1, 0.15) is 25.1 Å². The smallest absolute Gasteiger partial charge is 0.433 e. The molecule has 0 fully saturated rings. The average Bonchev–Trinajstić information content (AvgIpc) is 2.70. The Morgan fingerprint density at radius 1 is 1.10 bits per heavy atom. The maximum absolute atomic E-state index is 12.7. The largest absolute Gasteiger partial charge is 0.494 e. The molecule has 3 N–H and O–H groups in total. The molecule has 158 valence electrons. The maximum atomic E-state index is 12.7. The van der Waals surface area contributed by atoms with E-state index in [9.17, 15) is 13.2 Å². The molecule has 0 spiro atoms. The fourth-order valence-corrected chi connectivity index (χ4v) is 2.39. The van der Waals surface area contributed by atoms with E-state index in [4.69, 9.17) is 4.74 Å². The van der Waals surface area contributed by atoms with Crippen LogP contribution >= 0.6 is 0 Å². The Bertz CT molecular complexity index is 798. The normalized spacial score (nSPS) is 11.8. The molecule has 0 saturated heterocycles. The molecule has 0 bridgehead atoms. The molecule has 2 rings (SSSR count). The van der Waals surface area contributed by atoms with E-state index < -0.39 is 11.9 Å². The fraction of sp³-hybridized carbons (Fsp3) is 0.421. The van der Waals surface area contributed by atoms with Crippen LogP contribution in [0.4, 0.5) is 19.1 Å². The van der Waals surface area contributed by atoms with Gasteiger partial charge >= 0.3 is 6.18 Å². The van der Waals surface area contributed by atoms with Crippen molar-refractivity contribution in [1.29, 1.82) is 0 Å². The summed E-state index contributed by atoms with van der Waals surface area (Å²) in [6.45, 7) is 6.27. The van der Waals surface area contributed by atoms with Gasteiger partial charge in [-0.1, -0.05) is 18.2 Å². The number of nitrogens with one attached hydrogen (secondary N) is 3. The third-order valence-corrected chi connectivity index (χ3v) is 3.67. The van der Waals surface area contributed by atoms with Crippen molar-refractivity contribution in [3.63, 3.8) is 0 Å². The molecule has 0 atom stereocenters. The molecule has 0 saturated carbocycles. The van der Waals surface area contributed by atoms with Crippen LogP contribution in [0.5, 0.6) is 5.75 Å². The molecule has 0 amide bonds. The highest BCUT2D eigenvalue weighted by molar-refractivity contribution is 5.79. The minimum atomic E-state index is -4.50. The van der Waals surface area contributed by atoms with E-state index in [0.29, 0.717) is 38.7 Å². The van der Waals surface area contributed by atoms with E-state index >= 15 is 0 Å². The number of alkyl halides is 3. The molecule has 0 radical (unpaired) electrons. The second-order valence-electron chi connectivity index (χ2n) is 5.85. The molecule has 29 heavy (non-hydrogen) atoms. The summed E-state index contributed by atoms with van der Waals surface area (Å²) in [5.41, 5.74) is -0.0205. The zero-order valence-electron chi connectivity index (χ0n) is 16.4. The monoisotopic (exact) mass is 410 g/mol. The van der Waals surface area contributed by atoms with Gasteiger partial charge in [-0.05, 0) is 26.0 Å². The molecular weight excluding hydrogens is 385 g/mol. The van der Waals surface area contributed by atoms with E-state index in [1.54, 1.807) is 0 Å². The lowest BCUT2D eigenvalue weighted by Gasteiger charge is -2.13. The first-order valence-corrected chi connectivity index (χ1v) is 9.31. The predicted molar refractivity (Wildman–Crippen MR) is 106 cm³/mol. The Morgan fingerprint density at radius 3 is 2.62 bits per heavy atom. The van der Waals surface area contributed by atoms with Crippen molar-refractivity contribution in [2.75, 3.05) is 31.6 Å². The lowest BCUT2D eigenvalue weighted by Crippen LogP contribution is -2.39. The summed E-state index contributed by atoms with van der Waals surface area (Å²) >= 11 is 0. The number of para-hydroxylation sites is 1. The summed E-state index contributed by atoms with van der Waals surface area (Å²) in [7, 11) is 0. The number of halogens is 3.